The second-order valence-electron chi connectivity index (χ2n) is 4.66. The van der Waals surface area contributed by atoms with Crippen molar-refractivity contribution in [2.24, 2.45) is 0 Å². The minimum absolute atomic E-state index is 0.324. The molecule has 0 radical (unpaired) electrons. The van der Waals surface area contributed by atoms with Gasteiger partial charge in [0, 0.05) is 12.7 Å². The maximum atomic E-state index is 10.9. The van der Waals surface area contributed by atoms with E-state index in [1.807, 2.05) is 31.2 Å². The van der Waals surface area contributed by atoms with Gasteiger partial charge in [-0.05, 0) is 36.8 Å². The van der Waals surface area contributed by atoms with Crippen LogP contribution < -0.4 is 10.1 Å². The molecular formula is C15H21NO4S. The van der Waals surface area contributed by atoms with E-state index in [0.717, 1.165) is 17.1 Å². The van der Waals surface area contributed by atoms with Crippen LogP contribution in [0, 0.1) is 6.92 Å². The molecule has 0 bridgehead atoms. The molecule has 1 atom stereocenters. The number of aliphatic carboxylic acids is 1. The Bertz CT molecular complexity index is 478. The Kier molecular flexibility index (Phi) is 7.68. The lowest BCUT2D eigenvalue weighted by Gasteiger charge is -2.12. The molecule has 116 valence electrons. The lowest BCUT2D eigenvalue weighted by Crippen LogP contribution is -2.39. The van der Waals surface area contributed by atoms with Gasteiger partial charge in [0.25, 0.3) is 0 Å². The standard InChI is InChI=1S/C15H21NO4S/c1-11-4-3-5-13(10-11)20-7-9-21-8-6-14(15(18)19)16-12(2)17/h3-5,10,14H,6-9H2,1-2H3,(H,16,17)(H,18,19). The van der Waals surface area contributed by atoms with E-state index in [9.17, 15) is 9.59 Å². The van der Waals surface area contributed by atoms with Gasteiger partial charge in [-0.3, -0.25) is 4.79 Å². The van der Waals surface area contributed by atoms with Crippen molar-refractivity contribution in [2.75, 3.05) is 18.1 Å². The van der Waals surface area contributed by atoms with Crippen LogP contribution in [0.3, 0.4) is 0 Å². The normalized spacial score (nSPS) is 11.7. The second-order valence-corrected chi connectivity index (χ2v) is 5.88. The van der Waals surface area contributed by atoms with Crippen molar-refractivity contribution >= 4 is 23.6 Å². The molecule has 21 heavy (non-hydrogen) atoms. The lowest BCUT2D eigenvalue weighted by atomic mass is 10.2. The van der Waals surface area contributed by atoms with E-state index in [4.69, 9.17) is 9.84 Å². The average molecular weight is 311 g/mol. The fourth-order valence-corrected chi connectivity index (χ4v) is 2.54. The van der Waals surface area contributed by atoms with Crippen molar-refractivity contribution in [1.29, 1.82) is 0 Å². The van der Waals surface area contributed by atoms with Gasteiger partial charge in [-0.25, -0.2) is 4.79 Å². The van der Waals surface area contributed by atoms with Crippen LogP contribution in [0.4, 0.5) is 0 Å². The average Bonchev–Trinajstić information content (AvgIpc) is 2.40. The summed E-state index contributed by atoms with van der Waals surface area (Å²) < 4.78 is 5.60. The van der Waals surface area contributed by atoms with Crippen LogP contribution in [0.25, 0.3) is 0 Å². The van der Waals surface area contributed by atoms with Gasteiger partial charge in [0.15, 0.2) is 0 Å². The Morgan fingerprint density at radius 3 is 2.76 bits per heavy atom. The van der Waals surface area contributed by atoms with Crippen molar-refractivity contribution in [3.05, 3.63) is 29.8 Å². The summed E-state index contributed by atoms with van der Waals surface area (Å²) in [6.07, 6.45) is 0.407. The molecule has 0 saturated carbocycles. The summed E-state index contributed by atoms with van der Waals surface area (Å²) in [5.41, 5.74) is 1.15. The molecule has 1 rings (SSSR count). The smallest absolute Gasteiger partial charge is 0.326 e. The molecule has 0 aliphatic heterocycles. The number of benzene rings is 1. The van der Waals surface area contributed by atoms with Gasteiger partial charge >= 0.3 is 5.97 Å². The van der Waals surface area contributed by atoms with Crippen molar-refractivity contribution in [2.45, 2.75) is 26.3 Å². The lowest BCUT2D eigenvalue weighted by molar-refractivity contribution is -0.141. The third kappa shape index (κ3) is 7.60. The number of amides is 1. The Morgan fingerprint density at radius 1 is 1.38 bits per heavy atom. The molecule has 0 spiro atoms. The summed E-state index contributed by atoms with van der Waals surface area (Å²) in [5, 5.41) is 11.4. The van der Waals surface area contributed by atoms with E-state index in [1.54, 1.807) is 11.8 Å². The van der Waals surface area contributed by atoms with Crippen LogP contribution in [0.5, 0.6) is 5.75 Å². The highest BCUT2D eigenvalue weighted by Crippen LogP contribution is 2.13. The maximum absolute atomic E-state index is 10.9. The van der Waals surface area contributed by atoms with E-state index < -0.39 is 12.0 Å². The third-order valence-corrected chi connectivity index (χ3v) is 3.69. The summed E-state index contributed by atoms with van der Waals surface area (Å²) in [6.45, 7) is 3.90. The van der Waals surface area contributed by atoms with E-state index in [2.05, 4.69) is 5.32 Å². The molecule has 0 aromatic heterocycles. The number of rotatable bonds is 9. The van der Waals surface area contributed by atoms with Crippen molar-refractivity contribution in [1.82, 2.24) is 5.32 Å². The minimum Gasteiger partial charge on any atom is -0.493 e. The van der Waals surface area contributed by atoms with Gasteiger partial charge in [-0.2, -0.15) is 11.8 Å². The van der Waals surface area contributed by atoms with Gasteiger partial charge in [-0.15, -0.1) is 0 Å². The molecule has 1 aromatic carbocycles. The molecule has 0 aliphatic rings. The highest BCUT2D eigenvalue weighted by molar-refractivity contribution is 7.99. The van der Waals surface area contributed by atoms with Gasteiger partial charge in [-0.1, -0.05) is 12.1 Å². The molecule has 5 nitrogen and oxygen atoms in total. The zero-order valence-electron chi connectivity index (χ0n) is 12.3. The number of carboxylic acids is 1. The van der Waals surface area contributed by atoms with E-state index in [0.29, 0.717) is 18.8 Å². The maximum Gasteiger partial charge on any atom is 0.326 e. The van der Waals surface area contributed by atoms with Gasteiger partial charge in [0.05, 0.1) is 6.61 Å². The molecule has 0 heterocycles. The second kappa shape index (κ2) is 9.28. The molecule has 0 saturated heterocycles. The largest absolute Gasteiger partial charge is 0.493 e. The zero-order chi connectivity index (χ0) is 15.7. The molecular weight excluding hydrogens is 290 g/mol. The monoisotopic (exact) mass is 311 g/mol. The minimum atomic E-state index is -0.998. The Labute approximate surface area is 129 Å². The van der Waals surface area contributed by atoms with Gasteiger partial charge in [0.1, 0.15) is 11.8 Å². The molecule has 0 aliphatic carbocycles. The van der Waals surface area contributed by atoms with Crippen LogP contribution in [-0.4, -0.2) is 41.1 Å². The predicted octanol–water partition coefficient (Wildman–Crippen LogP) is 2.09. The first-order chi connectivity index (χ1) is 9.99. The molecule has 1 aromatic rings. The number of hydrogen-bond donors (Lipinski definition) is 2. The first kappa shape index (κ1) is 17.4. The number of ether oxygens (including phenoxy) is 1. The predicted molar refractivity (Wildman–Crippen MR) is 83.9 cm³/mol. The van der Waals surface area contributed by atoms with E-state index in [1.165, 1.54) is 6.92 Å². The number of carboxylic acid groups (broad SMARTS) is 1. The first-order valence-corrected chi connectivity index (χ1v) is 7.91. The fraction of sp³-hybridized carbons (Fsp3) is 0.467. The highest BCUT2D eigenvalue weighted by atomic mass is 32.2. The fourth-order valence-electron chi connectivity index (χ4n) is 1.73. The number of nitrogens with one attached hydrogen (secondary N) is 1. The number of hydrogen-bond acceptors (Lipinski definition) is 4. The Morgan fingerprint density at radius 2 is 2.14 bits per heavy atom. The number of carbonyl (C=O) groups is 2. The van der Waals surface area contributed by atoms with Crippen molar-refractivity contribution in [3.8, 4) is 5.75 Å². The van der Waals surface area contributed by atoms with Gasteiger partial charge < -0.3 is 15.2 Å². The zero-order valence-corrected chi connectivity index (χ0v) is 13.1. The quantitative estimate of drug-likeness (QED) is 0.683. The summed E-state index contributed by atoms with van der Waals surface area (Å²) >= 11 is 1.61. The topological polar surface area (TPSA) is 75.6 Å². The third-order valence-electron chi connectivity index (χ3n) is 2.71. The van der Waals surface area contributed by atoms with Crippen LogP contribution >= 0.6 is 11.8 Å². The van der Waals surface area contributed by atoms with Crippen molar-refractivity contribution < 1.29 is 19.4 Å². The van der Waals surface area contributed by atoms with Crippen molar-refractivity contribution in [3.63, 3.8) is 0 Å². The van der Waals surface area contributed by atoms with E-state index in [-0.39, 0.29) is 5.91 Å². The van der Waals surface area contributed by atoms with Crippen LogP contribution in [0.2, 0.25) is 0 Å². The summed E-state index contributed by atoms with van der Waals surface area (Å²) in [5.74, 6) is 0.962. The summed E-state index contributed by atoms with van der Waals surface area (Å²) in [6, 6.07) is 7.03. The Hall–Kier alpha value is -1.69. The van der Waals surface area contributed by atoms with Gasteiger partial charge in [0.2, 0.25) is 5.91 Å². The number of thioether (sulfide) groups is 1. The molecule has 1 amide bonds. The number of aryl methyl sites for hydroxylation is 1. The summed E-state index contributed by atoms with van der Waals surface area (Å²) in [4.78, 5) is 21.8. The molecule has 0 fully saturated rings. The molecule has 6 heteroatoms. The first-order valence-electron chi connectivity index (χ1n) is 6.76. The van der Waals surface area contributed by atoms with Crippen LogP contribution in [-0.2, 0) is 9.59 Å². The van der Waals surface area contributed by atoms with Crippen LogP contribution in [0.15, 0.2) is 24.3 Å². The molecule has 1 unspecified atom stereocenters. The molecule has 2 N–H and O–H groups in total. The Balaban J connectivity index is 2.16. The van der Waals surface area contributed by atoms with E-state index >= 15 is 0 Å². The van der Waals surface area contributed by atoms with Crippen LogP contribution in [0.1, 0.15) is 18.9 Å². The number of carbonyl (C=O) groups excluding carboxylic acids is 1. The summed E-state index contributed by atoms with van der Waals surface area (Å²) in [7, 11) is 0. The highest BCUT2D eigenvalue weighted by Gasteiger charge is 2.17. The SMILES string of the molecule is CC(=O)NC(CCSCCOc1cccc(C)c1)C(=O)O.